The summed E-state index contributed by atoms with van der Waals surface area (Å²) in [6, 6.07) is 13.7. The molecule has 3 heterocycles. The van der Waals surface area contributed by atoms with Crippen molar-refractivity contribution in [3.05, 3.63) is 64.8 Å². The molecule has 0 fully saturated rings. The molecule has 4 rings (SSSR count). The van der Waals surface area contributed by atoms with Crippen molar-refractivity contribution in [2.24, 2.45) is 0 Å². The fourth-order valence-electron chi connectivity index (χ4n) is 2.51. The highest BCUT2D eigenvalue weighted by atomic mass is 35.5. The van der Waals surface area contributed by atoms with Gasteiger partial charge in [0.2, 0.25) is 0 Å². The van der Waals surface area contributed by atoms with Gasteiger partial charge in [-0.1, -0.05) is 29.8 Å². The minimum absolute atomic E-state index is 0.733. The average Bonchev–Trinajstić information content (AvgIpc) is 3.11. The lowest BCUT2D eigenvalue weighted by molar-refractivity contribution is 1.18. The molecule has 0 amide bonds. The zero-order valence-corrected chi connectivity index (χ0v) is 13.4. The molecule has 4 aromatic rings. The minimum atomic E-state index is 0.733. The molecule has 0 atom stereocenters. The lowest BCUT2D eigenvalue weighted by atomic mass is 10.2. The zero-order valence-electron chi connectivity index (χ0n) is 11.8. The van der Waals surface area contributed by atoms with Crippen molar-refractivity contribution < 1.29 is 0 Å². The number of imidazole rings is 1. The molecule has 22 heavy (non-hydrogen) atoms. The zero-order chi connectivity index (χ0) is 15.1. The summed E-state index contributed by atoms with van der Waals surface area (Å²) in [5.41, 5.74) is 5.02. The Labute approximate surface area is 136 Å². The molecular formula is C17H12ClN3S. The third-order valence-electron chi connectivity index (χ3n) is 3.55. The number of aromatic nitrogens is 3. The van der Waals surface area contributed by atoms with Gasteiger partial charge < -0.3 is 0 Å². The maximum absolute atomic E-state index is 5.94. The van der Waals surface area contributed by atoms with Crippen LogP contribution in [0.3, 0.4) is 0 Å². The number of thiazole rings is 1. The van der Waals surface area contributed by atoms with Crippen LogP contribution in [-0.4, -0.2) is 14.4 Å². The first kappa shape index (κ1) is 13.5. The summed E-state index contributed by atoms with van der Waals surface area (Å²) in [4.78, 5) is 9.37. The van der Waals surface area contributed by atoms with Crippen LogP contribution in [0.5, 0.6) is 0 Å². The second-order valence-corrected chi connectivity index (χ2v) is 6.31. The van der Waals surface area contributed by atoms with Crippen molar-refractivity contribution >= 4 is 28.6 Å². The number of benzene rings is 1. The summed E-state index contributed by atoms with van der Waals surface area (Å²) in [6.45, 7) is 2.02. The van der Waals surface area contributed by atoms with Crippen LogP contribution in [0, 0.1) is 6.92 Å². The summed E-state index contributed by atoms with van der Waals surface area (Å²) < 4.78 is 2.08. The summed E-state index contributed by atoms with van der Waals surface area (Å²) in [7, 11) is 0. The number of halogens is 1. The van der Waals surface area contributed by atoms with Crippen molar-refractivity contribution in [3.8, 4) is 22.0 Å². The molecule has 0 saturated heterocycles. The number of aryl methyl sites for hydroxylation is 1. The quantitative estimate of drug-likeness (QED) is 0.514. The monoisotopic (exact) mass is 325 g/mol. The van der Waals surface area contributed by atoms with Crippen LogP contribution in [0.2, 0.25) is 5.02 Å². The molecule has 3 nitrogen and oxygen atoms in total. The van der Waals surface area contributed by atoms with Crippen LogP contribution in [0.1, 0.15) is 5.69 Å². The van der Waals surface area contributed by atoms with E-state index in [1.54, 1.807) is 11.3 Å². The SMILES string of the molecule is Cc1nc2ccccn2c1-c1nc(-c2ccc(Cl)cc2)cs1. The summed E-state index contributed by atoms with van der Waals surface area (Å²) >= 11 is 7.57. The van der Waals surface area contributed by atoms with E-state index in [1.807, 2.05) is 55.6 Å². The van der Waals surface area contributed by atoms with Crippen molar-refractivity contribution in [3.63, 3.8) is 0 Å². The topological polar surface area (TPSA) is 30.2 Å². The molecule has 3 aromatic heterocycles. The van der Waals surface area contributed by atoms with Gasteiger partial charge in [-0.2, -0.15) is 0 Å². The van der Waals surface area contributed by atoms with Gasteiger partial charge >= 0.3 is 0 Å². The van der Waals surface area contributed by atoms with Gasteiger partial charge in [0, 0.05) is 22.2 Å². The maximum Gasteiger partial charge on any atom is 0.142 e. The van der Waals surface area contributed by atoms with E-state index >= 15 is 0 Å². The molecule has 0 N–H and O–H groups in total. The molecule has 0 aliphatic rings. The predicted molar refractivity (Wildman–Crippen MR) is 91.5 cm³/mol. The van der Waals surface area contributed by atoms with Gasteiger partial charge in [0.1, 0.15) is 16.3 Å². The summed E-state index contributed by atoms with van der Waals surface area (Å²) in [6.07, 6.45) is 2.02. The molecule has 0 aliphatic heterocycles. The van der Waals surface area contributed by atoms with Crippen molar-refractivity contribution in [1.82, 2.24) is 14.4 Å². The van der Waals surface area contributed by atoms with Crippen LogP contribution < -0.4 is 0 Å². The standard InChI is InChI=1S/C17H12ClN3S/c1-11-16(21-9-3-2-4-15(21)19-11)17-20-14(10-22-17)12-5-7-13(18)8-6-12/h2-10H,1H3. The molecular weight excluding hydrogens is 314 g/mol. The molecule has 0 radical (unpaired) electrons. The van der Waals surface area contributed by atoms with E-state index in [2.05, 4.69) is 14.8 Å². The molecule has 0 spiro atoms. The van der Waals surface area contributed by atoms with E-state index in [-0.39, 0.29) is 0 Å². The van der Waals surface area contributed by atoms with Gasteiger partial charge in [-0.3, -0.25) is 4.40 Å². The highest BCUT2D eigenvalue weighted by molar-refractivity contribution is 7.13. The maximum atomic E-state index is 5.94. The highest BCUT2D eigenvalue weighted by Gasteiger charge is 2.14. The Morgan fingerprint density at radius 3 is 2.68 bits per heavy atom. The number of fused-ring (bicyclic) bond motifs is 1. The fraction of sp³-hybridized carbons (Fsp3) is 0.0588. The molecule has 0 unspecified atom stereocenters. The van der Waals surface area contributed by atoms with Gasteiger partial charge in [0.05, 0.1) is 11.4 Å². The Bertz CT molecular complexity index is 954. The number of hydrogen-bond donors (Lipinski definition) is 0. The van der Waals surface area contributed by atoms with Crippen molar-refractivity contribution in [2.75, 3.05) is 0 Å². The van der Waals surface area contributed by atoms with Crippen LogP contribution >= 0.6 is 22.9 Å². The summed E-state index contributed by atoms with van der Waals surface area (Å²) in [5, 5.41) is 3.78. The molecule has 0 bridgehead atoms. The number of pyridine rings is 1. The number of nitrogens with zero attached hydrogens (tertiary/aromatic N) is 3. The van der Waals surface area contributed by atoms with Gasteiger partial charge in [0.25, 0.3) is 0 Å². The Hall–Kier alpha value is -2.17. The van der Waals surface area contributed by atoms with E-state index in [9.17, 15) is 0 Å². The highest BCUT2D eigenvalue weighted by Crippen LogP contribution is 2.31. The smallest absolute Gasteiger partial charge is 0.142 e. The van der Waals surface area contributed by atoms with Crippen LogP contribution in [-0.2, 0) is 0 Å². The van der Waals surface area contributed by atoms with Gasteiger partial charge in [-0.15, -0.1) is 11.3 Å². The summed E-state index contributed by atoms with van der Waals surface area (Å²) in [5.74, 6) is 0. The van der Waals surface area contributed by atoms with E-state index in [4.69, 9.17) is 16.6 Å². The number of hydrogen-bond acceptors (Lipinski definition) is 3. The molecule has 5 heteroatoms. The van der Waals surface area contributed by atoms with Crippen molar-refractivity contribution in [1.29, 1.82) is 0 Å². The average molecular weight is 326 g/mol. The van der Waals surface area contributed by atoms with Gasteiger partial charge in [-0.05, 0) is 31.2 Å². The van der Waals surface area contributed by atoms with Gasteiger partial charge in [-0.25, -0.2) is 9.97 Å². The Kier molecular flexibility index (Phi) is 3.21. The Balaban J connectivity index is 1.83. The first-order valence-corrected chi connectivity index (χ1v) is 8.13. The fourth-order valence-corrected chi connectivity index (χ4v) is 3.55. The first-order valence-electron chi connectivity index (χ1n) is 6.88. The largest absolute Gasteiger partial charge is 0.297 e. The van der Waals surface area contributed by atoms with E-state index in [1.165, 1.54) is 0 Å². The van der Waals surface area contributed by atoms with E-state index in [0.717, 1.165) is 38.3 Å². The number of rotatable bonds is 2. The lowest BCUT2D eigenvalue weighted by Crippen LogP contribution is -1.88. The molecule has 1 aromatic carbocycles. The second kappa shape index (κ2) is 5.23. The third-order valence-corrected chi connectivity index (χ3v) is 4.65. The van der Waals surface area contributed by atoms with E-state index < -0.39 is 0 Å². The van der Waals surface area contributed by atoms with Crippen molar-refractivity contribution in [2.45, 2.75) is 6.92 Å². The first-order chi connectivity index (χ1) is 10.7. The Morgan fingerprint density at radius 2 is 1.86 bits per heavy atom. The van der Waals surface area contributed by atoms with Crippen LogP contribution in [0.4, 0.5) is 0 Å². The Morgan fingerprint density at radius 1 is 1.05 bits per heavy atom. The predicted octanol–water partition coefficient (Wildman–Crippen LogP) is 5.09. The molecule has 0 aliphatic carbocycles. The van der Waals surface area contributed by atoms with E-state index in [0.29, 0.717) is 0 Å². The molecule has 0 saturated carbocycles. The normalized spacial score (nSPS) is 11.2. The molecule has 108 valence electrons. The minimum Gasteiger partial charge on any atom is -0.297 e. The third kappa shape index (κ3) is 2.21. The van der Waals surface area contributed by atoms with Crippen LogP contribution in [0.25, 0.3) is 27.6 Å². The lowest BCUT2D eigenvalue weighted by Gasteiger charge is -1.99. The second-order valence-electron chi connectivity index (χ2n) is 5.02. The van der Waals surface area contributed by atoms with Gasteiger partial charge in [0.15, 0.2) is 0 Å². The van der Waals surface area contributed by atoms with Crippen LogP contribution in [0.15, 0.2) is 54.0 Å².